The molecule has 0 aromatic carbocycles. The molecule has 0 unspecified atom stereocenters. The lowest BCUT2D eigenvalue weighted by Gasteiger charge is -2.36. The Balaban J connectivity index is 1.33. The molecule has 0 atom stereocenters. The Morgan fingerprint density at radius 2 is 2.09 bits per heavy atom. The van der Waals surface area contributed by atoms with Crippen LogP contribution < -0.4 is 10.6 Å². The third kappa shape index (κ3) is 4.33. The monoisotopic (exact) mass is 491 g/mol. The fourth-order valence-corrected chi connectivity index (χ4v) is 5.78. The smallest absolute Gasteiger partial charge is 0.288 e. The van der Waals surface area contributed by atoms with Gasteiger partial charge in [0, 0.05) is 37.1 Å². The van der Waals surface area contributed by atoms with Crippen molar-refractivity contribution in [1.29, 1.82) is 5.26 Å². The first-order valence-corrected chi connectivity index (χ1v) is 12.5. The van der Waals surface area contributed by atoms with Crippen molar-refractivity contribution >= 4 is 32.5 Å². The Morgan fingerprint density at radius 3 is 2.86 bits per heavy atom. The fraction of sp³-hybridized carbons (Fsp3) is 0.261. The number of pyridine rings is 2. The lowest BCUT2D eigenvalue weighted by molar-refractivity contribution is 0.0936. The highest BCUT2D eigenvalue weighted by molar-refractivity contribution is 7.91. The number of carbonyl (C=O) groups is 1. The zero-order valence-electron chi connectivity index (χ0n) is 18.6. The summed E-state index contributed by atoms with van der Waals surface area (Å²) in [7, 11) is -2.09. The molecule has 3 N–H and O–H groups in total. The van der Waals surface area contributed by atoms with Gasteiger partial charge in [0.1, 0.15) is 5.65 Å². The SMILES string of the molecule is CNC(=O)c1cnc(-c2cnc3[nH]ccc3c2NC2CC(CS(=O)(=O)c3cc(C#N)ccn3)C2)o1. The van der Waals surface area contributed by atoms with E-state index in [4.69, 9.17) is 9.68 Å². The highest BCUT2D eigenvalue weighted by Crippen LogP contribution is 2.38. The third-order valence-electron chi connectivity index (χ3n) is 6.00. The molecule has 0 spiro atoms. The first kappa shape index (κ1) is 22.5. The zero-order chi connectivity index (χ0) is 24.6. The second-order valence-corrected chi connectivity index (χ2v) is 10.3. The van der Waals surface area contributed by atoms with Gasteiger partial charge in [-0.05, 0) is 37.0 Å². The number of amides is 1. The molecule has 1 saturated carbocycles. The van der Waals surface area contributed by atoms with Crippen molar-refractivity contribution < 1.29 is 17.6 Å². The molecule has 4 aromatic rings. The van der Waals surface area contributed by atoms with E-state index in [-0.39, 0.29) is 45.9 Å². The van der Waals surface area contributed by atoms with E-state index < -0.39 is 9.84 Å². The van der Waals surface area contributed by atoms with Gasteiger partial charge in [0.05, 0.1) is 34.8 Å². The quantitative estimate of drug-likeness (QED) is 0.352. The number of hydrogen-bond donors (Lipinski definition) is 3. The molecule has 12 heteroatoms. The molecule has 4 heterocycles. The van der Waals surface area contributed by atoms with Crippen molar-refractivity contribution in [2.45, 2.75) is 23.9 Å². The predicted molar refractivity (Wildman–Crippen MR) is 126 cm³/mol. The summed E-state index contributed by atoms with van der Waals surface area (Å²) < 4.78 is 31.2. The molecule has 35 heavy (non-hydrogen) atoms. The van der Waals surface area contributed by atoms with Crippen LogP contribution in [0.3, 0.4) is 0 Å². The molecular formula is C23H21N7O4S. The number of nitrogens with one attached hydrogen (secondary N) is 3. The minimum Gasteiger partial charge on any atom is -0.431 e. The molecule has 1 aliphatic carbocycles. The van der Waals surface area contributed by atoms with E-state index in [0.29, 0.717) is 24.1 Å². The zero-order valence-corrected chi connectivity index (χ0v) is 19.5. The maximum atomic E-state index is 12.8. The standard InChI is InChI=1S/C23H21N7O4S/c1-25-22(31)18-11-29-23(34-18)17-10-28-21-16(3-5-27-21)20(17)30-15-6-14(7-15)12-35(32,33)19-8-13(9-24)2-4-26-19/h2-5,8,10-11,14-15H,6-7,12H2,1H3,(H,25,31)(H2,27,28,30). The van der Waals surface area contributed by atoms with Crippen molar-refractivity contribution in [2.75, 3.05) is 18.1 Å². The van der Waals surface area contributed by atoms with Crippen LogP contribution in [0.4, 0.5) is 5.69 Å². The maximum absolute atomic E-state index is 12.8. The first-order valence-electron chi connectivity index (χ1n) is 10.9. The number of anilines is 1. The van der Waals surface area contributed by atoms with Crippen LogP contribution in [0.1, 0.15) is 29.0 Å². The number of nitriles is 1. The number of nitrogens with zero attached hydrogens (tertiary/aromatic N) is 4. The van der Waals surface area contributed by atoms with E-state index in [1.54, 1.807) is 12.4 Å². The van der Waals surface area contributed by atoms with Crippen LogP contribution in [0.2, 0.25) is 0 Å². The second kappa shape index (κ2) is 8.84. The van der Waals surface area contributed by atoms with Gasteiger partial charge >= 0.3 is 0 Å². The number of H-pyrrole nitrogens is 1. The summed E-state index contributed by atoms with van der Waals surface area (Å²) in [6, 6.07) is 6.63. The van der Waals surface area contributed by atoms with E-state index in [1.807, 2.05) is 12.1 Å². The Morgan fingerprint density at radius 1 is 1.26 bits per heavy atom. The Hall–Kier alpha value is -4.24. The van der Waals surface area contributed by atoms with Crippen LogP contribution in [-0.4, -0.2) is 53.1 Å². The molecule has 5 rings (SSSR count). The number of oxazole rings is 1. The summed E-state index contributed by atoms with van der Waals surface area (Å²) >= 11 is 0. The van der Waals surface area contributed by atoms with E-state index >= 15 is 0 Å². The molecule has 178 valence electrons. The lowest BCUT2D eigenvalue weighted by Crippen LogP contribution is -2.39. The Labute approximate surface area is 200 Å². The normalized spacial score (nSPS) is 17.5. The summed E-state index contributed by atoms with van der Waals surface area (Å²) in [5, 5.41) is 15.8. The second-order valence-electron chi connectivity index (χ2n) is 8.35. The van der Waals surface area contributed by atoms with Crippen LogP contribution >= 0.6 is 0 Å². The van der Waals surface area contributed by atoms with Crippen LogP contribution in [-0.2, 0) is 9.84 Å². The maximum Gasteiger partial charge on any atom is 0.288 e. The largest absolute Gasteiger partial charge is 0.431 e. The van der Waals surface area contributed by atoms with Gasteiger partial charge in [-0.3, -0.25) is 4.79 Å². The van der Waals surface area contributed by atoms with Crippen molar-refractivity contribution in [3.05, 3.63) is 54.3 Å². The predicted octanol–water partition coefficient (Wildman–Crippen LogP) is 2.51. The molecule has 0 saturated heterocycles. The molecule has 0 bridgehead atoms. The van der Waals surface area contributed by atoms with Crippen LogP contribution in [0.5, 0.6) is 0 Å². The Kier molecular flexibility index (Phi) is 5.70. The average Bonchev–Trinajstić information content (AvgIpc) is 3.52. The molecule has 11 nitrogen and oxygen atoms in total. The summed E-state index contributed by atoms with van der Waals surface area (Å²) in [6.07, 6.45) is 7.37. The van der Waals surface area contributed by atoms with Gasteiger partial charge in [0.15, 0.2) is 14.9 Å². The summed E-state index contributed by atoms with van der Waals surface area (Å²) in [5.41, 5.74) is 2.28. The van der Waals surface area contributed by atoms with E-state index in [1.165, 1.54) is 31.6 Å². The first-order chi connectivity index (χ1) is 16.9. The topological polar surface area (TPSA) is 167 Å². The highest BCUT2D eigenvalue weighted by atomic mass is 32.2. The average molecular weight is 492 g/mol. The van der Waals surface area contributed by atoms with Crippen LogP contribution in [0.25, 0.3) is 22.5 Å². The van der Waals surface area contributed by atoms with E-state index in [9.17, 15) is 13.2 Å². The number of fused-ring (bicyclic) bond motifs is 1. The number of sulfone groups is 1. The van der Waals surface area contributed by atoms with Gasteiger partial charge in [-0.25, -0.2) is 23.4 Å². The van der Waals surface area contributed by atoms with Gasteiger partial charge in [0.25, 0.3) is 5.91 Å². The summed E-state index contributed by atoms with van der Waals surface area (Å²) in [6.45, 7) is 0. The van der Waals surface area contributed by atoms with Gasteiger partial charge in [-0.1, -0.05) is 0 Å². The molecule has 1 fully saturated rings. The number of aromatic nitrogens is 4. The fourth-order valence-electron chi connectivity index (χ4n) is 4.19. The summed E-state index contributed by atoms with van der Waals surface area (Å²) in [5.74, 6) is -0.120. The van der Waals surface area contributed by atoms with Gasteiger partial charge < -0.3 is 20.0 Å². The molecule has 0 aliphatic heterocycles. The highest BCUT2D eigenvalue weighted by Gasteiger charge is 2.35. The van der Waals surface area contributed by atoms with Crippen molar-refractivity contribution in [1.82, 2.24) is 25.3 Å². The molecular weight excluding hydrogens is 470 g/mol. The molecule has 4 aromatic heterocycles. The summed E-state index contributed by atoms with van der Waals surface area (Å²) in [4.78, 5) is 27.5. The van der Waals surface area contributed by atoms with E-state index in [0.717, 1.165) is 11.1 Å². The van der Waals surface area contributed by atoms with Gasteiger partial charge in [0.2, 0.25) is 11.7 Å². The Bertz CT molecular complexity index is 1560. The molecule has 1 aliphatic rings. The number of carbonyl (C=O) groups excluding carboxylic acids is 1. The molecule has 0 radical (unpaired) electrons. The third-order valence-corrected chi connectivity index (χ3v) is 7.77. The van der Waals surface area contributed by atoms with Crippen molar-refractivity contribution in [3.63, 3.8) is 0 Å². The number of hydrogen-bond acceptors (Lipinski definition) is 9. The van der Waals surface area contributed by atoms with Crippen molar-refractivity contribution in [2.24, 2.45) is 5.92 Å². The van der Waals surface area contributed by atoms with Gasteiger partial charge in [-0.15, -0.1) is 0 Å². The lowest BCUT2D eigenvalue weighted by atomic mass is 9.81. The number of aromatic amines is 1. The minimum atomic E-state index is -3.60. The number of rotatable bonds is 7. The van der Waals surface area contributed by atoms with Crippen molar-refractivity contribution in [3.8, 4) is 17.5 Å². The van der Waals surface area contributed by atoms with Gasteiger partial charge in [-0.2, -0.15) is 5.26 Å². The van der Waals surface area contributed by atoms with Crippen LogP contribution in [0.15, 0.2) is 52.4 Å². The van der Waals surface area contributed by atoms with E-state index in [2.05, 4.69) is 30.6 Å². The molecule has 1 amide bonds. The van der Waals surface area contributed by atoms with Crippen LogP contribution in [0, 0.1) is 17.2 Å². The minimum absolute atomic E-state index is 0.0289.